The third-order valence-corrected chi connectivity index (χ3v) is 5.44. The van der Waals surface area contributed by atoms with Crippen molar-refractivity contribution in [2.75, 3.05) is 19.6 Å². The molecule has 2 aromatic heterocycles. The molecule has 0 radical (unpaired) electrons. The van der Waals surface area contributed by atoms with Crippen molar-refractivity contribution in [1.82, 2.24) is 14.8 Å². The van der Waals surface area contributed by atoms with Crippen LogP contribution in [0.1, 0.15) is 45.1 Å². The number of carbonyl (C=O) groups excluding carboxylic acids is 2. The summed E-state index contributed by atoms with van der Waals surface area (Å²) in [6, 6.07) is 5.44. The Morgan fingerprint density at radius 1 is 1.15 bits per heavy atom. The van der Waals surface area contributed by atoms with Gasteiger partial charge in [-0.15, -0.1) is 0 Å². The van der Waals surface area contributed by atoms with Crippen LogP contribution in [0.3, 0.4) is 0 Å². The average Bonchev–Trinajstić information content (AvgIpc) is 2.82. The molecule has 6 heteroatoms. The fourth-order valence-electron chi connectivity index (χ4n) is 4.17. The lowest BCUT2D eigenvalue weighted by molar-refractivity contribution is 0.0572. The number of hydrogen-bond acceptors (Lipinski definition) is 4. The van der Waals surface area contributed by atoms with Crippen molar-refractivity contribution in [3.05, 3.63) is 53.2 Å². The molecule has 5 rings (SSSR count). The third-order valence-electron chi connectivity index (χ3n) is 5.44. The lowest BCUT2D eigenvalue weighted by Crippen LogP contribution is -2.47. The summed E-state index contributed by atoms with van der Waals surface area (Å²) in [5.41, 5.74) is 1.24. The van der Waals surface area contributed by atoms with E-state index >= 15 is 0 Å². The lowest BCUT2D eigenvalue weighted by atomic mass is 9.94. The number of pyridine rings is 1. The molecular weight excluding hydrogens is 330 g/mol. The number of carbonyl (C=O) groups is 2. The number of rotatable bonds is 2. The molecule has 3 aliphatic rings. The fraction of sp³-hybridized carbons (Fsp3) is 0.450. The third kappa shape index (κ3) is 3.00. The summed E-state index contributed by atoms with van der Waals surface area (Å²) in [7, 11) is 0. The minimum atomic E-state index is -0.000338. The average molecular weight is 353 g/mol. The van der Waals surface area contributed by atoms with Crippen LogP contribution >= 0.6 is 0 Å². The minimum absolute atomic E-state index is 0.000338. The van der Waals surface area contributed by atoms with Crippen LogP contribution in [0.4, 0.5) is 0 Å². The van der Waals surface area contributed by atoms with Crippen LogP contribution < -0.4 is 0 Å². The highest BCUT2D eigenvalue weighted by molar-refractivity contribution is 5.96. The van der Waals surface area contributed by atoms with E-state index in [0.717, 1.165) is 18.6 Å². The van der Waals surface area contributed by atoms with E-state index in [1.807, 2.05) is 29.7 Å². The molecule has 0 aliphatic carbocycles. The molecule has 2 unspecified atom stereocenters. The van der Waals surface area contributed by atoms with Crippen LogP contribution in [-0.4, -0.2) is 52.3 Å². The highest BCUT2D eigenvalue weighted by Crippen LogP contribution is 2.30. The Kier molecular flexibility index (Phi) is 4.26. The zero-order chi connectivity index (χ0) is 18.3. The molecule has 2 atom stereocenters. The minimum Gasteiger partial charge on any atom is -0.466 e. The molecule has 5 heterocycles. The van der Waals surface area contributed by atoms with Crippen molar-refractivity contribution in [3.8, 4) is 0 Å². The summed E-state index contributed by atoms with van der Waals surface area (Å²) >= 11 is 0. The van der Waals surface area contributed by atoms with E-state index < -0.39 is 0 Å². The Hall–Kier alpha value is -2.63. The van der Waals surface area contributed by atoms with Gasteiger partial charge >= 0.3 is 0 Å². The largest absolute Gasteiger partial charge is 0.466 e. The van der Waals surface area contributed by atoms with Crippen LogP contribution in [0.25, 0.3) is 0 Å². The predicted molar refractivity (Wildman–Crippen MR) is 95.9 cm³/mol. The highest BCUT2D eigenvalue weighted by atomic mass is 16.3. The van der Waals surface area contributed by atoms with E-state index in [1.165, 1.54) is 0 Å². The van der Waals surface area contributed by atoms with E-state index in [9.17, 15) is 9.59 Å². The summed E-state index contributed by atoms with van der Waals surface area (Å²) in [6.07, 6.45) is 5.26. The molecule has 6 nitrogen and oxygen atoms in total. The number of aryl methyl sites for hydroxylation is 2. The Balaban J connectivity index is 1.56. The van der Waals surface area contributed by atoms with Gasteiger partial charge in [0.15, 0.2) is 0 Å². The molecule has 26 heavy (non-hydrogen) atoms. The second kappa shape index (κ2) is 6.59. The zero-order valence-corrected chi connectivity index (χ0v) is 15.1. The maximum atomic E-state index is 13.1. The summed E-state index contributed by atoms with van der Waals surface area (Å²) in [5, 5.41) is 0. The first-order valence-electron chi connectivity index (χ1n) is 9.10. The molecule has 0 spiro atoms. The molecule has 2 amide bonds. The van der Waals surface area contributed by atoms with Gasteiger partial charge in [0.05, 0.1) is 11.1 Å². The van der Waals surface area contributed by atoms with Gasteiger partial charge in [-0.1, -0.05) is 0 Å². The number of fused-ring (bicyclic) bond motifs is 4. The SMILES string of the molecule is Cc1cc(C(=O)N2CC3CCC2CN(C(=O)c2cccnc2)C3)c(C)o1. The predicted octanol–water partition coefficient (Wildman–Crippen LogP) is 2.67. The number of hydrogen-bond donors (Lipinski definition) is 0. The molecule has 3 aliphatic heterocycles. The number of piperidine rings is 1. The van der Waals surface area contributed by atoms with Gasteiger partial charge in [0, 0.05) is 38.1 Å². The van der Waals surface area contributed by atoms with Crippen molar-refractivity contribution in [2.24, 2.45) is 5.92 Å². The fourth-order valence-corrected chi connectivity index (χ4v) is 4.17. The zero-order valence-electron chi connectivity index (χ0n) is 15.1. The lowest BCUT2D eigenvalue weighted by Gasteiger charge is -2.36. The molecule has 136 valence electrons. The maximum absolute atomic E-state index is 13.1. The smallest absolute Gasteiger partial charge is 0.257 e. The van der Waals surface area contributed by atoms with Crippen LogP contribution in [-0.2, 0) is 0 Å². The molecule has 0 saturated carbocycles. The first-order valence-corrected chi connectivity index (χ1v) is 9.10. The number of furan rings is 1. The van der Waals surface area contributed by atoms with E-state index in [0.29, 0.717) is 42.4 Å². The van der Waals surface area contributed by atoms with Gasteiger partial charge in [-0.3, -0.25) is 14.6 Å². The molecule has 3 fully saturated rings. The number of amides is 2. The first kappa shape index (κ1) is 16.8. The summed E-state index contributed by atoms with van der Waals surface area (Å²) in [5.74, 6) is 1.74. The second-order valence-corrected chi connectivity index (χ2v) is 7.33. The molecule has 0 aromatic carbocycles. The van der Waals surface area contributed by atoms with Crippen LogP contribution in [0.15, 0.2) is 35.0 Å². The number of nitrogens with zero attached hydrogens (tertiary/aromatic N) is 3. The van der Waals surface area contributed by atoms with Crippen molar-refractivity contribution < 1.29 is 14.0 Å². The summed E-state index contributed by atoms with van der Waals surface area (Å²) < 4.78 is 5.54. The molecule has 3 saturated heterocycles. The summed E-state index contributed by atoms with van der Waals surface area (Å²) in [4.78, 5) is 33.8. The van der Waals surface area contributed by atoms with Crippen molar-refractivity contribution in [2.45, 2.75) is 32.7 Å². The van der Waals surface area contributed by atoms with Crippen molar-refractivity contribution in [1.29, 1.82) is 0 Å². The van der Waals surface area contributed by atoms with Gasteiger partial charge in [-0.05, 0) is 50.8 Å². The van der Waals surface area contributed by atoms with E-state index in [2.05, 4.69) is 4.98 Å². The Labute approximate surface area is 152 Å². The monoisotopic (exact) mass is 353 g/mol. The van der Waals surface area contributed by atoms with Gasteiger partial charge in [0.1, 0.15) is 11.5 Å². The maximum Gasteiger partial charge on any atom is 0.257 e. The molecule has 2 aromatic rings. The Morgan fingerprint density at radius 2 is 2.00 bits per heavy atom. The van der Waals surface area contributed by atoms with Crippen LogP contribution in [0.5, 0.6) is 0 Å². The normalized spacial score (nSPS) is 22.4. The molecule has 2 bridgehead atoms. The molecule has 0 N–H and O–H groups in total. The van der Waals surface area contributed by atoms with Crippen molar-refractivity contribution in [3.63, 3.8) is 0 Å². The standard InChI is InChI=1S/C20H23N3O3/c1-13-8-18(14(2)26-13)20(25)23-11-15-5-6-17(23)12-22(10-15)19(24)16-4-3-7-21-9-16/h3-4,7-9,15,17H,5-6,10-12H2,1-2H3. The Bertz CT molecular complexity index is 830. The van der Waals surface area contributed by atoms with E-state index in [-0.39, 0.29) is 17.9 Å². The van der Waals surface area contributed by atoms with Crippen LogP contribution in [0, 0.1) is 19.8 Å². The van der Waals surface area contributed by atoms with E-state index in [4.69, 9.17) is 4.42 Å². The van der Waals surface area contributed by atoms with Gasteiger partial charge in [0.2, 0.25) is 0 Å². The van der Waals surface area contributed by atoms with Crippen molar-refractivity contribution >= 4 is 11.8 Å². The van der Waals surface area contributed by atoms with Crippen LogP contribution in [0.2, 0.25) is 0 Å². The number of aromatic nitrogens is 1. The van der Waals surface area contributed by atoms with Gasteiger partial charge < -0.3 is 14.2 Å². The highest BCUT2D eigenvalue weighted by Gasteiger charge is 2.39. The first-order chi connectivity index (χ1) is 12.5. The quantitative estimate of drug-likeness (QED) is 0.832. The Morgan fingerprint density at radius 3 is 2.69 bits per heavy atom. The summed E-state index contributed by atoms with van der Waals surface area (Å²) in [6.45, 7) is 5.65. The van der Waals surface area contributed by atoms with Gasteiger partial charge in [0.25, 0.3) is 11.8 Å². The van der Waals surface area contributed by atoms with E-state index in [1.54, 1.807) is 24.5 Å². The molecular formula is C20H23N3O3. The van der Waals surface area contributed by atoms with Gasteiger partial charge in [-0.25, -0.2) is 0 Å². The van der Waals surface area contributed by atoms with Gasteiger partial charge in [-0.2, -0.15) is 0 Å². The second-order valence-electron chi connectivity index (χ2n) is 7.33. The topological polar surface area (TPSA) is 66.7 Å².